The van der Waals surface area contributed by atoms with Gasteiger partial charge in [0.15, 0.2) is 0 Å². The van der Waals surface area contributed by atoms with Gasteiger partial charge in [0, 0.05) is 18.2 Å². The van der Waals surface area contributed by atoms with E-state index in [9.17, 15) is 4.79 Å². The highest BCUT2D eigenvalue weighted by Gasteiger charge is 2.26. The molecule has 0 unspecified atom stereocenters. The summed E-state index contributed by atoms with van der Waals surface area (Å²) in [6, 6.07) is 9.75. The second-order valence-corrected chi connectivity index (χ2v) is 5.38. The van der Waals surface area contributed by atoms with Crippen LogP contribution in [-0.4, -0.2) is 18.2 Å². The van der Waals surface area contributed by atoms with Gasteiger partial charge in [-0.15, -0.1) is 0 Å². The molecule has 2 aromatic rings. The summed E-state index contributed by atoms with van der Waals surface area (Å²) in [6.07, 6.45) is 0. The molecule has 22 heavy (non-hydrogen) atoms. The van der Waals surface area contributed by atoms with Crippen LogP contribution < -0.4 is 5.32 Å². The van der Waals surface area contributed by atoms with Crippen molar-refractivity contribution in [1.29, 1.82) is 0 Å². The molecular formula is C17H22N2O3. The van der Waals surface area contributed by atoms with Crippen LogP contribution in [0.1, 0.15) is 35.5 Å². The van der Waals surface area contributed by atoms with Crippen molar-refractivity contribution in [3.8, 4) is 0 Å². The van der Waals surface area contributed by atoms with Crippen LogP contribution in [0.15, 0.2) is 34.9 Å². The molecule has 1 N–H and O–H groups in total. The molecule has 0 spiro atoms. The van der Waals surface area contributed by atoms with Crippen molar-refractivity contribution in [2.24, 2.45) is 5.92 Å². The number of hydrogen-bond acceptors (Lipinski definition) is 5. The summed E-state index contributed by atoms with van der Waals surface area (Å²) in [5, 5.41) is 7.39. The van der Waals surface area contributed by atoms with E-state index in [1.54, 1.807) is 0 Å². The average molecular weight is 302 g/mol. The monoisotopic (exact) mass is 302 g/mol. The fourth-order valence-corrected chi connectivity index (χ4v) is 2.53. The predicted octanol–water partition coefficient (Wildman–Crippen LogP) is 2.93. The summed E-state index contributed by atoms with van der Waals surface area (Å²) in [4.78, 5) is 11.9. The highest BCUT2D eigenvalue weighted by Crippen LogP contribution is 2.24. The Morgan fingerprint density at radius 2 is 2.00 bits per heavy atom. The van der Waals surface area contributed by atoms with Gasteiger partial charge in [-0.25, -0.2) is 0 Å². The second-order valence-electron chi connectivity index (χ2n) is 5.38. The number of esters is 1. The van der Waals surface area contributed by atoms with Gasteiger partial charge in [0.2, 0.25) is 0 Å². The lowest BCUT2D eigenvalue weighted by atomic mass is 9.94. The van der Waals surface area contributed by atoms with Gasteiger partial charge in [0.05, 0.1) is 18.7 Å². The van der Waals surface area contributed by atoms with E-state index in [1.165, 1.54) is 7.11 Å². The van der Waals surface area contributed by atoms with Crippen LogP contribution in [0.3, 0.4) is 0 Å². The van der Waals surface area contributed by atoms with Gasteiger partial charge in [-0.05, 0) is 19.4 Å². The zero-order valence-corrected chi connectivity index (χ0v) is 13.4. The molecule has 0 bridgehead atoms. The highest BCUT2D eigenvalue weighted by atomic mass is 16.5. The molecule has 0 saturated carbocycles. The van der Waals surface area contributed by atoms with E-state index in [1.807, 2.05) is 51.1 Å². The summed E-state index contributed by atoms with van der Waals surface area (Å²) in [6.45, 7) is 6.25. The van der Waals surface area contributed by atoms with Crippen LogP contribution in [0.25, 0.3) is 0 Å². The van der Waals surface area contributed by atoms with Crippen molar-refractivity contribution in [1.82, 2.24) is 10.5 Å². The minimum atomic E-state index is -0.298. The maximum absolute atomic E-state index is 11.9. The number of aryl methyl sites for hydroxylation is 2. The van der Waals surface area contributed by atoms with Crippen LogP contribution in [-0.2, 0) is 16.1 Å². The predicted molar refractivity (Wildman–Crippen MR) is 83.2 cm³/mol. The van der Waals surface area contributed by atoms with Crippen LogP contribution >= 0.6 is 0 Å². The Morgan fingerprint density at radius 1 is 1.32 bits per heavy atom. The first-order chi connectivity index (χ1) is 10.5. The average Bonchev–Trinajstić information content (AvgIpc) is 2.86. The van der Waals surface area contributed by atoms with E-state index < -0.39 is 0 Å². The van der Waals surface area contributed by atoms with Crippen LogP contribution in [0.2, 0.25) is 0 Å². The number of benzene rings is 1. The van der Waals surface area contributed by atoms with Crippen molar-refractivity contribution in [2.45, 2.75) is 33.4 Å². The molecule has 0 aliphatic carbocycles. The smallest absolute Gasteiger partial charge is 0.310 e. The molecule has 1 aromatic heterocycles. The number of nitrogens with zero attached hydrogens (tertiary/aromatic N) is 1. The Morgan fingerprint density at radius 3 is 2.55 bits per heavy atom. The maximum atomic E-state index is 11.9. The Hall–Kier alpha value is -2.14. The van der Waals surface area contributed by atoms with Crippen molar-refractivity contribution < 1.29 is 14.1 Å². The van der Waals surface area contributed by atoms with Crippen LogP contribution in [0.5, 0.6) is 0 Å². The first-order valence-electron chi connectivity index (χ1n) is 7.32. The van der Waals surface area contributed by atoms with Crippen molar-refractivity contribution in [2.75, 3.05) is 7.11 Å². The largest absolute Gasteiger partial charge is 0.469 e. The number of aromatic nitrogens is 1. The molecule has 0 aliphatic heterocycles. The van der Waals surface area contributed by atoms with Gasteiger partial charge in [-0.3, -0.25) is 4.79 Å². The topological polar surface area (TPSA) is 64.4 Å². The van der Waals surface area contributed by atoms with E-state index in [4.69, 9.17) is 9.26 Å². The molecule has 118 valence electrons. The van der Waals surface area contributed by atoms with Gasteiger partial charge >= 0.3 is 5.97 Å². The summed E-state index contributed by atoms with van der Waals surface area (Å²) >= 11 is 0. The SMILES string of the molecule is COC(=O)[C@H](C)[C@@H](NCc1c(C)noc1C)c1ccccc1. The Labute approximate surface area is 130 Å². The minimum Gasteiger partial charge on any atom is -0.469 e. The summed E-state index contributed by atoms with van der Waals surface area (Å²) in [7, 11) is 1.41. The second kappa shape index (κ2) is 7.22. The fourth-order valence-electron chi connectivity index (χ4n) is 2.53. The summed E-state index contributed by atoms with van der Waals surface area (Å²) in [5.41, 5.74) is 2.94. The number of carbonyl (C=O) groups excluding carboxylic acids is 1. The van der Waals surface area contributed by atoms with Gasteiger partial charge in [0.1, 0.15) is 5.76 Å². The number of ether oxygens (including phenoxy) is 1. The molecule has 5 heteroatoms. The van der Waals surface area contributed by atoms with Gasteiger partial charge in [-0.1, -0.05) is 42.4 Å². The van der Waals surface area contributed by atoms with E-state index >= 15 is 0 Å². The number of carbonyl (C=O) groups is 1. The van der Waals surface area contributed by atoms with Crippen LogP contribution in [0, 0.1) is 19.8 Å². The summed E-state index contributed by atoms with van der Waals surface area (Å²) < 4.78 is 10.1. The number of nitrogens with one attached hydrogen (secondary N) is 1. The lowest BCUT2D eigenvalue weighted by Gasteiger charge is -2.24. The maximum Gasteiger partial charge on any atom is 0.310 e. The number of hydrogen-bond donors (Lipinski definition) is 1. The molecule has 0 fully saturated rings. The summed E-state index contributed by atoms with van der Waals surface area (Å²) in [5.74, 6) is 0.260. The Balaban J connectivity index is 2.20. The highest BCUT2D eigenvalue weighted by molar-refractivity contribution is 5.73. The third-order valence-electron chi connectivity index (χ3n) is 3.91. The van der Waals surface area contributed by atoms with E-state index in [2.05, 4.69) is 10.5 Å². The van der Waals surface area contributed by atoms with Gasteiger partial charge in [0.25, 0.3) is 0 Å². The number of rotatable bonds is 6. The third kappa shape index (κ3) is 3.54. The van der Waals surface area contributed by atoms with E-state index in [0.29, 0.717) is 6.54 Å². The van der Waals surface area contributed by atoms with Gasteiger partial charge in [-0.2, -0.15) is 0 Å². The molecule has 0 amide bonds. The first-order valence-corrected chi connectivity index (χ1v) is 7.32. The van der Waals surface area contributed by atoms with Gasteiger partial charge < -0.3 is 14.6 Å². The van der Waals surface area contributed by atoms with Crippen molar-refractivity contribution >= 4 is 5.97 Å². The molecule has 2 rings (SSSR count). The van der Waals surface area contributed by atoms with Crippen molar-refractivity contribution in [3.63, 3.8) is 0 Å². The zero-order valence-electron chi connectivity index (χ0n) is 13.4. The molecule has 1 heterocycles. The Kier molecular flexibility index (Phi) is 5.33. The standard InChI is InChI=1S/C17H22N2O3/c1-11(17(20)21-4)16(14-8-6-5-7-9-14)18-10-15-12(2)19-22-13(15)3/h5-9,11,16,18H,10H2,1-4H3/t11-,16-/m1/s1. The van der Waals surface area contributed by atoms with Crippen molar-refractivity contribution in [3.05, 3.63) is 52.9 Å². The molecule has 0 saturated heterocycles. The molecule has 2 atom stereocenters. The minimum absolute atomic E-state index is 0.137. The normalized spacial score (nSPS) is 13.6. The lowest BCUT2D eigenvalue weighted by molar-refractivity contribution is -0.145. The molecule has 1 aromatic carbocycles. The van der Waals surface area contributed by atoms with E-state index in [0.717, 1.165) is 22.6 Å². The van der Waals surface area contributed by atoms with Crippen LogP contribution in [0.4, 0.5) is 0 Å². The zero-order chi connectivity index (χ0) is 16.1. The molecule has 0 radical (unpaired) electrons. The number of methoxy groups -OCH3 is 1. The molecular weight excluding hydrogens is 280 g/mol. The van der Waals surface area contributed by atoms with E-state index in [-0.39, 0.29) is 17.9 Å². The lowest BCUT2D eigenvalue weighted by Crippen LogP contribution is -2.32. The Bertz CT molecular complexity index is 603. The molecule has 5 nitrogen and oxygen atoms in total. The molecule has 0 aliphatic rings. The third-order valence-corrected chi connectivity index (χ3v) is 3.91. The first kappa shape index (κ1) is 16.2. The fraction of sp³-hybridized carbons (Fsp3) is 0.412. The quantitative estimate of drug-likeness (QED) is 0.831.